The van der Waals surface area contributed by atoms with Crippen LogP contribution in [0.2, 0.25) is 0 Å². The van der Waals surface area contributed by atoms with Gasteiger partial charge in [0.05, 0.1) is 37.3 Å². The van der Waals surface area contributed by atoms with Gasteiger partial charge in [0, 0.05) is 24.0 Å². The summed E-state index contributed by atoms with van der Waals surface area (Å²) in [7, 11) is 0. The van der Waals surface area contributed by atoms with Gasteiger partial charge in [-0.3, -0.25) is 4.90 Å². The highest BCUT2D eigenvalue weighted by atomic mass is 32.1. The first kappa shape index (κ1) is 19.9. The second kappa shape index (κ2) is 8.98. The minimum absolute atomic E-state index is 0.0385. The first-order valence-corrected chi connectivity index (χ1v) is 11.7. The van der Waals surface area contributed by atoms with Gasteiger partial charge >= 0.3 is 0 Å². The number of fused-ring (bicyclic) bond motifs is 1. The summed E-state index contributed by atoms with van der Waals surface area (Å²) in [5.41, 5.74) is 2.32. The maximum atomic E-state index is 10.5. The van der Waals surface area contributed by atoms with Gasteiger partial charge in [-0.25, -0.2) is 9.97 Å². The van der Waals surface area contributed by atoms with Crippen molar-refractivity contribution in [3.63, 3.8) is 0 Å². The number of hydrogen-bond acceptors (Lipinski definition) is 7. The maximum Gasteiger partial charge on any atom is 0.146 e. The Kier molecular flexibility index (Phi) is 5.95. The third kappa shape index (κ3) is 4.21. The van der Waals surface area contributed by atoms with E-state index in [1.54, 1.807) is 11.3 Å². The van der Waals surface area contributed by atoms with Gasteiger partial charge in [0.15, 0.2) is 0 Å². The molecule has 1 saturated carbocycles. The Morgan fingerprint density at radius 2 is 1.90 bits per heavy atom. The second-order valence-corrected chi connectivity index (χ2v) is 9.03. The molecule has 0 amide bonds. The molecule has 0 spiro atoms. The van der Waals surface area contributed by atoms with Crippen LogP contribution in [0.1, 0.15) is 31.5 Å². The van der Waals surface area contributed by atoms with E-state index in [9.17, 15) is 5.11 Å². The van der Waals surface area contributed by atoms with Crippen molar-refractivity contribution in [3.05, 3.63) is 41.5 Å². The van der Waals surface area contributed by atoms with Crippen molar-refractivity contribution in [1.29, 1.82) is 0 Å². The first-order valence-electron chi connectivity index (χ1n) is 10.9. The summed E-state index contributed by atoms with van der Waals surface area (Å²) >= 11 is 1.67. The molecule has 0 bridgehead atoms. The zero-order chi connectivity index (χ0) is 20.3. The van der Waals surface area contributed by atoms with Crippen molar-refractivity contribution < 1.29 is 9.84 Å². The number of aromatic nitrogens is 2. The zero-order valence-corrected chi connectivity index (χ0v) is 17.9. The Morgan fingerprint density at radius 1 is 1.10 bits per heavy atom. The van der Waals surface area contributed by atoms with Gasteiger partial charge in [-0.05, 0) is 18.4 Å². The minimum Gasteiger partial charge on any atom is -0.391 e. The average molecular weight is 425 g/mol. The van der Waals surface area contributed by atoms with E-state index in [2.05, 4.69) is 39.9 Å². The van der Waals surface area contributed by atoms with Crippen LogP contribution < -0.4 is 5.32 Å². The molecule has 158 valence electrons. The van der Waals surface area contributed by atoms with Crippen LogP contribution in [0.15, 0.2) is 35.7 Å². The SMILES string of the molecule is OC1CCCCC1Nc1nc(CN2CCOCC2)nc2scc(-c3ccccc3)c12. The van der Waals surface area contributed by atoms with Crippen LogP contribution in [0.25, 0.3) is 21.3 Å². The lowest BCUT2D eigenvalue weighted by Gasteiger charge is -2.29. The van der Waals surface area contributed by atoms with Crippen LogP contribution in [0.4, 0.5) is 5.82 Å². The number of rotatable bonds is 5. The smallest absolute Gasteiger partial charge is 0.146 e. The number of morpholine rings is 1. The number of anilines is 1. The lowest BCUT2D eigenvalue weighted by molar-refractivity contribution is 0.0331. The number of ether oxygens (including phenoxy) is 1. The van der Waals surface area contributed by atoms with Crippen LogP contribution >= 0.6 is 11.3 Å². The molecule has 6 nitrogen and oxygen atoms in total. The van der Waals surface area contributed by atoms with Gasteiger partial charge in [0.25, 0.3) is 0 Å². The Bertz CT molecular complexity index is 988. The lowest BCUT2D eigenvalue weighted by Crippen LogP contribution is -2.37. The van der Waals surface area contributed by atoms with Crippen molar-refractivity contribution in [3.8, 4) is 11.1 Å². The summed E-state index contributed by atoms with van der Waals surface area (Å²) in [4.78, 5) is 13.2. The lowest BCUT2D eigenvalue weighted by atomic mass is 9.92. The van der Waals surface area contributed by atoms with Gasteiger partial charge in [0.1, 0.15) is 16.5 Å². The third-order valence-corrected chi connectivity index (χ3v) is 6.96. The molecular weight excluding hydrogens is 396 g/mol. The van der Waals surface area contributed by atoms with E-state index in [4.69, 9.17) is 14.7 Å². The molecule has 2 N–H and O–H groups in total. The van der Waals surface area contributed by atoms with Crippen LogP contribution in [-0.4, -0.2) is 58.4 Å². The van der Waals surface area contributed by atoms with Crippen molar-refractivity contribution in [2.75, 3.05) is 31.6 Å². The van der Waals surface area contributed by atoms with E-state index in [-0.39, 0.29) is 12.1 Å². The monoisotopic (exact) mass is 424 g/mol. The fourth-order valence-electron chi connectivity index (χ4n) is 4.41. The molecule has 1 saturated heterocycles. The second-order valence-electron chi connectivity index (χ2n) is 8.18. The highest BCUT2D eigenvalue weighted by molar-refractivity contribution is 7.17. The highest BCUT2D eigenvalue weighted by Gasteiger charge is 2.25. The molecule has 2 atom stereocenters. The molecule has 1 aromatic carbocycles. The topological polar surface area (TPSA) is 70.5 Å². The summed E-state index contributed by atoms with van der Waals surface area (Å²) in [5.74, 6) is 1.69. The van der Waals surface area contributed by atoms with Gasteiger partial charge in [0.2, 0.25) is 0 Å². The van der Waals surface area contributed by atoms with Crippen molar-refractivity contribution >= 4 is 27.4 Å². The number of nitrogens with zero attached hydrogens (tertiary/aromatic N) is 3. The quantitative estimate of drug-likeness (QED) is 0.647. The summed E-state index contributed by atoms with van der Waals surface area (Å²) in [6, 6.07) is 10.4. The standard InChI is InChI=1S/C23H28N4O2S/c28-19-9-5-4-8-18(19)24-22-21-17(16-6-2-1-3-7-16)15-30-23(21)26-20(25-22)14-27-10-12-29-13-11-27/h1-3,6-7,15,18-19,28H,4-5,8-14H2,(H,24,25,26). The average Bonchev–Trinajstić information content (AvgIpc) is 3.21. The molecule has 7 heteroatoms. The molecular formula is C23H28N4O2S. The van der Waals surface area contributed by atoms with Crippen LogP contribution in [0, 0.1) is 0 Å². The number of thiophene rings is 1. The van der Waals surface area contributed by atoms with Crippen molar-refractivity contribution in [1.82, 2.24) is 14.9 Å². The number of aliphatic hydroxyl groups is 1. The van der Waals surface area contributed by atoms with E-state index in [0.717, 1.165) is 86.0 Å². The van der Waals surface area contributed by atoms with E-state index >= 15 is 0 Å². The predicted molar refractivity (Wildman–Crippen MR) is 121 cm³/mol. The number of benzene rings is 1. The molecule has 0 radical (unpaired) electrons. The summed E-state index contributed by atoms with van der Waals surface area (Å²) in [6.07, 6.45) is 3.72. The Morgan fingerprint density at radius 3 is 2.70 bits per heavy atom. The van der Waals surface area contributed by atoms with E-state index in [0.29, 0.717) is 0 Å². The number of aliphatic hydroxyl groups excluding tert-OH is 1. The molecule has 3 aromatic rings. The van der Waals surface area contributed by atoms with E-state index < -0.39 is 0 Å². The maximum absolute atomic E-state index is 10.5. The van der Waals surface area contributed by atoms with Gasteiger partial charge in [-0.15, -0.1) is 11.3 Å². The molecule has 2 unspecified atom stereocenters. The van der Waals surface area contributed by atoms with Gasteiger partial charge in [-0.2, -0.15) is 0 Å². The zero-order valence-electron chi connectivity index (χ0n) is 17.1. The number of nitrogens with one attached hydrogen (secondary N) is 1. The molecule has 2 aromatic heterocycles. The largest absolute Gasteiger partial charge is 0.391 e. The normalized spacial score (nSPS) is 23.0. The van der Waals surface area contributed by atoms with Gasteiger partial charge in [-0.1, -0.05) is 43.2 Å². The first-order chi connectivity index (χ1) is 14.8. The van der Waals surface area contributed by atoms with Crippen LogP contribution in [-0.2, 0) is 11.3 Å². The molecule has 3 heterocycles. The Labute approximate surface area is 180 Å². The summed E-state index contributed by atoms with van der Waals surface area (Å²) < 4.78 is 5.48. The molecule has 2 aliphatic rings. The van der Waals surface area contributed by atoms with E-state index in [1.165, 1.54) is 5.56 Å². The highest BCUT2D eigenvalue weighted by Crippen LogP contribution is 2.38. The van der Waals surface area contributed by atoms with E-state index in [1.807, 2.05) is 6.07 Å². The Balaban J connectivity index is 1.54. The molecule has 1 aliphatic heterocycles. The van der Waals surface area contributed by atoms with Crippen LogP contribution in [0.3, 0.4) is 0 Å². The molecule has 1 aliphatic carbocycles. The predicted octanol–water partition coefficient (Wildman–Crippen LogP) is 3.91. The summed E-state index contributed by atoms with van der Waals surface area (Å²) in [6.45, 7) is 4.06. The van der Waals surface area contributed by atoms with Crippen molar-refractivity contribution in [2.45, 2.75) is 44.4 Å². The minimum atomic E-state index is -0.328. The summed E-state index contributed by atoms with van der Waals surface area (Å²) in [5, 5.41) is 17.4. The third-order valence-electron chi connectivity index (χ3n) is 6.08. The number of hydrogen-bond donors (Lipinski definition) is 2. The van der Waals surface area contributed by atoms with Crippen molar-refractivity contribution in [2.24, 2.45) is 0 Å². The van der Waals surface area contributed by atoms with Gasteiger partial charge < -0.3 is 15.2 Å². The molecule has 2 fully saturated rings. The molecule has 30 heavy (non-hydrogen) atoms. The molecule has 5 rings (SSSR count). The fraction of sp³-hybridized carbons (Fsp3) is 0.478. The fourth-order valence-corrected chi connectivity index (χ4v) is 5.37. The van der Waals surface area contributed by atoms with Crippen LogP contribution in [0.5, 0.6) is 0 Å². The Hall–Kier alpha value is -2.06.